The van der Waals surface area contributed by atoms with E-state index in [1.54, 1.807) is 31.4 Å². The van der Waals surface area contributed by atoms with E-state index in [1.807, 2.05) is 29.6 Å². The molecule has 6 nitrogen and oxygen atoms in total. The van der Waals surface area contributed by atoms with Gasteiger partial charge in [0.15, 0.2) is 5.13 Å². The molecule has 0 spiro atoms. The fraction of sp³-hybridized carbons (Fsp3) is 0.111. The van der Waals surface area contributed by atoms with Gasteiger partial charge in [0.25, 0.3) is 0 Å². The lowest BCUT2D eigenvalue weighted by Gasteiger charge is -2.11. The molecule has 0 radical (unpaired) electrons. The van der Waals surface area contributed by atoms with Crippen LogP contribution < -0.4 is 19.5 Å². The van der Waals surface area contributed by atoms with Gasteiger partial charge in [-0.1, -0.05) is 24.3 Å². The Balaban J connectivity index is 1.42. The third-order valence-electron chi connectivity index (χ3n) is 5.19. The second-order valence-corrected chi connectivity index (χ2v) is 8.48. The van der Waals surface area contributed by atoms with Gasteiger partial charge in [0.1, 0.15) is 17.2 Å². The number of amides is 1. The molecule has 190 valence electrons. The molecule has 1 amide bonds. The number of carbonyl (C=O) groups excluding carboxylic acids is 1. The van der Waals surface area contributed by atoms with Gasteiger partial charge in [0.05, 0.1) is 19.9 Å². The van der Waals surface area contributed by atoms with Crippen LogP contribution >= 0.6 is 11.3 Å². The van der Waals surface area contributed by atoms with E-state index >= 15 is 0 Å². The summed E-state index contributed by atoms with van der Waals surface area (Å²) in [6.07, 6.45) is -1.77. The maximum atomic E-state index is 12.5. The molecular weight excluding hydrogens is 505 g/mol. The van der Waals surface area contributed by atoms with E-state index in [4.69, 9.17) is 9.47 Å². The number of hydrogen-bond acceptors (Lipinski definition) is 6. The van der Waals surface area contributed by atoms with Crippen LogP contribution in [0.3, 0.4) is 0 Å². The Morgan fingerprint density at radius 2 is 1.54 bits per heavy atom. The van der Waals surface area contributed by atoms with Crippen LogP contribution in [0.5, 0.6) is 17.2 Å². The Bertz CT molecular complexity index is 1400. The minimum Gasteiger partial charge on any atom is -0.497 e. The number of rotatable bonds is 8. The first-order valence-electron chi connectivity index (χ1n) is 10.9. The van der Waals surface area contributed by atoms with Crippen molar-refractivity contribution in [2.24, 2.45) is 0 Å². The van der Waals surface area contributed by atoms with Gasteiger partial charge in [0, 0.05) is 22.6 Å². The van der Waals surface area contributed by atoms with Crippen LogP contribution in [0, 0.1) is 0 Å². The molecule has 3 aromatic carbocycles. The van der Waals surface area contributed by atoms with Gasteiger partial charge in [-0.25, -0.2) is 4.98 Å². The van der Waals surface area contributed by atoms with E-state index in [0.29, 0.717) is 22.0 Å². The molecule has 1 aromatic heterocycles. The number of nitrogens with one attached hydrogen (secondary N) is 1. The highest BCUT2D eigenvalue weighted by Gasteiger charge is 2.31. The van der Waals surface area contributed by atoms with E-state index in [1.165, 1.54) is 48.8 Å². The summed E-state index contributed by atoms with van der Waals surface area (Å²) in [5, 5.41) is 5.06. The van der Waals surface area contributed by atoms with E-state index in [0.717, 1.165) is 22.6 Å². The zero-order valence-electron chi connectivity index (χ0n) is 19.7. The van der Waals surface area contributed by atoms with Crippen LogP contribution in [0.25, 0.3) is 28.5 Å². The summed E-state index contributed by atoms with van der Waals surface area (Å²) >= 11 is 1.31. The van der Waals surface area contributed by atoms with Crippen LogP contribution in [0.15, 0.2) is 78.2 Å². The predicted molar refractivity (Wildman–Crippen MR) is 137 cm³/mol. The molecule has 0 saturated carbocycles. The molecule has 0 aliphatic heterocycles. The number of thiazole rings is 1. The van der Waals surface area contributed by atoms with Crippen molar-refractivity contribution < 1.29 is 32.2 Å². The third-order valence-corrected chi connectivity index (χ3v) is 5.95. The summed E-state index contributed by atoms with van der Waals surface area (Å²) in [6, 6.07) is 18.2. The van der Waals surface area contributed by atoms with Crippen molar-refractivity contribution in [1.29, 1.82) is 0 Å². The number of carbonyl (C=O) groups is 1. The molecule has 0 fully saturated rings. The molecule has 0 aliphatic rings. The normalized spacial score (nSPS) is 11.4. The first-order chi connectivity index (χ1) is 17.7. The van der Waals surface area contributed by atoms with Crippen molar-refractivity contribution in [1.82, 2.24) is 4.98 Å². The standard InChI is InChI=1S/C27H21F3N2O4S/c1-34-21-10-7-18(8-11-21)23-16-37-26(31-23)32-25(33)14-9-19-3-4-20(15-24(19)35-2)17-5-12-22(13-6-17)36-27(28,29)30/h3-16H,1-2H3,(H,31,32,33). The number of anilines is 1. The highest BCUT2D eigenvalue weighted by Crippen LogP contribution is 2.31. The maximum absolute atomic E-state index is 12.5. The van der Waals surface area contributed by atoms with Crippen molar-refractivity contribution in [3.05, 3.63) is 83.7 Å². The first kappa shape index (κ1) is 25.8. The quantitative estimate of drug-likeness (QED) is 0.249. The van der Waals surface area contributed by atoms with Crippen LogP contribution in [0.4, 0.5) is 18.3 Å². The lowest BCUT2D eigenvalue weighted by Crippen LogP contribution is -2.16. The number of ether oxygens (including phenoxy) is 3. The number of hydrogen-bond donors (Lipinski definition) is 1. The van der Waals surface area contributed by atoms with Crippen molar-refractivity contribution >= 4 is 28.5 Å². The van der Waals surface area contributed by atoms with Crippen LogP contribution in [-0.2, 0) is 4.79 Å². The largest absolute Gasteiger partial charge is 0.573 e. The zero-order valence-corrected chi connectivity index (χ0v) is 20.5. The van der Waals surface area contributed by atoms with E-state index in [-0.39, 0.29) is 11.7 Å². The number of benzene rings is 3. The van der Waals surface area contributed by atoms with Gasteiger partial charge in [0.2, 0.25) is 5.91 Å². The molecule has 0 unspecified atom stereocenters. The summed E-state index contributed by atoms with van der Waals surface area (Å²) < 4.78 is 51.6. The smallest absolute Gasteiger partial charge is 0.497 e. The van der Waals surface area contributed by atoms with Gasteiger partial charge in [-0.15, -0.1) is 24.5 Å². The first-order valence-corrected chi connectivity index (χ1v) is 11.8. The molecule has 4 rings (SSSR count). The zero-order chi connectivity index (χ0) is 26.4. The average Bonchev–Trinajstić information content (AvgIpc) is 3.35. The van der Waals surface area contributed by atoms with Crippen molar-refractivity contribution in [2.75, 3.05) is 19.5 Å². The van der Waals surface area contributed by atoms with Gasteiger partial charge in [-0.2, -0.15) is 0 Å². The minimum absolute atomic E-state index is 0.301. The Labute approximate surface area is 215 Å². The minimum atomic E-state index is -4.75. The number of aromatic nitrogens is 1. The number of halogens is 3. The summed E-state index contributed by atoms with van der Waals surface area (Å²) in [6.45, 7) is 0. The molecular formula is C27H21F3N2O4S. The Hall–Kier alpha value is -4.31. The van der Waals surface area contributed by atoms with Crippen LogP contribution in [0.2, 0.25) is 0 Å². The molecule has 1 heterocycles. The summed E-state index contributed by atoms with van der Waals surface area (Å²) in [5.74, 6) is 0.579. The molecule has 0 aliphatic carbocycles. The average molecular weight is 527 g/mol. The Morgan fingerprint density at radius 3 is 2.19 bits per heavy atom. The SMILES string of the molecule is COc1ccc(-c2csc(NC(=O)C=Cc3ccc(-c4ccc(OC(F)(F)F)cc4)cc3OC)n2)cc1. The number of nitrogens with zero attached hydrogens (tertiary/aromatic N) is 1. The molecule has 37 heavy (non-hydrogen) atoms. The topological polar surface area (TPSA) is 69.7 Å². The lowest BCUT2D eigenvalue weighted by molar-refractivity contribution is -0.274. The fourth-order valence-corrected chi connectivity index (χ4v) is 4.14. The van der Waals surface area contributed by atoms with Gasteiger partial charge < -0.3 is 14.2 Å². The predicted octanol–water partition coefficient (Wildman–Crippen LogP) is 7.04. The Morgan fingerprint density at radius 1 is 0.892 bits per heavy atom. The summed E-state index contributed by atoms with van der Waals surface area (Å²) in [4.78, 5) is 16.9. The maximum Gasteiger partial charge on any atom is 0.573 e. The second kappa shape index (κ2) is 11.2. The van der Waals surface area contributed by atoms with Gasteiger partial charge >= 0.3 is 6.36 Å². The van der Waals surface area contributed by atoms with E-state index in [2.05, 4.69) is 15.0 Å². The van der Waals surface area contributed by atoms with Gasteiger partial charge in [-0.05, 0) is 59.7 Å². The molecule has 1 N–H and O–H groups in total. The summed E-state index contributed by atoms with van der Waals surface area (Å²) in [7, 11) is 3.09. The monoisotopic (exact) mass is 526 g/mol. The molecule has 10 heteroatoms. The Kier molecular flexibility index (Phi) is 7.78. The number of methoxy groups -OCH3 is 2. The van der Waals surface area contributed by atoms with Crippen molar-refractivity contribution in [3.8, 4) is 39.6 Å². The van der Waals surface area contributed by atoms with Crippen molar-refractivity contribution in [2.45, 2.75) is 6.36 Å². The second-order valence-electron chi connectivity index (χ2n) is 7.62. The van der Waals surface area contributed by atoms with Gasteiger partial charge in [-0.3, -0.25) is 10.1 Å². The summed E-state index contributed by atoms with van der Waals surface area (Å²) in [5.41, 5.74) is 3.70. The lowest BCUT2D eigenvalue weighted by atomic mass is 10.0. The number of alkyl halides is 3. The molecule has 0 saturated heterocycles. The highest BCUT2D eigenvalue weighted by atomic mass is 32.1. The molecule has 0 atom stereocenters. The fourth-order valence-electron chi connectivity index (χ4n) is 3.42. The van der Waals surface area contributed by atoms with Crippen LogP contribution in [-0.4, -0.2) is 31.5 Å². The van der Waals surface area contributed by atoms with E-state index in [9.17, 15) is 18.0 Å². The molecule has 0 bridgehead atoms. The van der Waals surface area contributed by atoms with E-state index < -0.39 is 6.36 Å². The van der Waals surface area contributed by atoms with Crippen molar-refractivity contribution in [3.63, 3.8) is 0 Å². The highest BCUT2D eigenvalue weighted by molar-refractivity contribution is 7.14. The third kappa shape index (κ3) is 6.89. The molecule has 4 aromatic rings. The van der Waals surface area contributed by atoms with Crippen LogP contribution in [0.1, 0.15) is 5.56 Å².